The van der Waals surface area contributed by atoms with Gasteiger partial charge in [0.25, 0.3) is 0 Å². The second-order valence-electron chi connectivity index (χ2n) is 10.9. The molecular formula is C39H24N4S. The number of nitrogens with zero attached hydrogens (tertiary/aromatic N) is 4. The molecule has 5 aromatic carbocycles. The van der Waals surface area contributed by atoms with E-state index in [4.69, 9.17) is 15.0 Å². The fourth-order valence-electron chi connectivity index (χ4n) is 6.24. The van der Waals surface area contributed by atoms with Crippen LogP contribution in [0.1, 0.15) is 0 Å². The molecule has 0 fully saturated rings. The second kappa shape index (κ2) is 9.97. The van der Waals surface area contributed by atoms with Crippen molar-refractivity contribution in [3.63, 3.8) is 0 Å². The van der Waals surface area contributed by atoms with Gasteiger partial charge in [0.1, 0.15) is 0 Å². The lowest BCUT2D eigenvalue weighted by atomic mass is 10.1. The van der Waals surface area contributed by atoms with Gasteiger partial charge in [-0.2, -0.15) is 0 Å². The first-order valence-electron chi connectivity index (χ1n) is 14.6. The Hall–Kier alpha value is -5.65. The molecule has 0 N–H and O–H groups in total. The van der Waals surface area contributed by atoms with E-state index < -0.39 is 0 Å². The van der Waals surface area contributed by atoms with Gasteiger partial charge in [-0.15, -0.1) is 11.3 Å². The highest BCUT2D eigenvalue weighted by Crippen LogP contribution is 2.42. The minimum atomic E-state index is 0.701. The maximum Gasteiger partial charge on any atom is 0.160 e. The number of rotatable bonds is 4. The molecule has 9 aromatic rings. The average molecular weight is 581 g/mol. The van der Waals surface area contributed by atoms with Gasteiger partial charge in [0.2, 0.25) is 0 Å². The quantitative estimate of drug-likeness (QED) is 0.208. The molecule has 0 radical (unpaired) electrons. The SMILES string of the molecule is c1ccc(-c2cc(-c3ccccc3)nc(-c3ccc(-n4c5cccnc5c5ccc6sc7ccccc7c6c54)cc3)n2)cc1. The Labute approximate surface area is 257 Å². The number of thiophene rings is 1. The van der Waals surface area contributed by atoms with Gasteiger partial charge in [-0.3, -0.25) is 4.98 Å². The van der Waals surface area contributed by atoms with Crippen molar-refractivity contribution in [2.45, 2.75) is 0 Å². The predicted octanol–water partition coefficient (Wildman–Crippen LogP) is 10.3. The number of benzene rings is 5. The van der Waals surface area contributed by atoms with E-state index >= 15 is 0 Å². The van der Waals surface area contributed by atoms with Gasteiger partial charge in [-0.1, -0.05) is 78.9 Å². The lowest BCUT2D eigenvalue weighted by Gasteiger charge is -2.11. The van der Waals surface area contributed by atoms with Crippen molar-refractivity contribution in [3.05, 3.63) is 146 Å². The molecule has 4 heterocycles. The number of pyridine rings is 1. The number of aromatic nitrogens is 4. The summed E-state index contributed by atoms with van der Waals surface area (Å²) in [5.74, 6) is 0.701. The minimum absolute atomic E-state index is 0.701. The minimum Gasteiger partial charge on any atom is -0.307 e. The van der Waals surface area contributed by atoms with E-state index in [1.165, 1.54) is 25.7 Å². The molecule has 44 heavy (non-hydrogen) atoms. The van der Waals surface area contributed by atoms with Crippen LogP contribution in [0.3, 0.4) is 0 Å². The largest absolute Gasteiger partial charge is 0.307 e. The number of fused-ring (bicyclic) bond motifs is 7. The van der Waals surface area contributed by atoms with Crippen molar-refractivity contribution in [3.8, 4) is 39.6 Å². The molecule has 206 valence electrons. The lowest BCUT2D eigenvalue weighted by Crippen LogP contribution is -1.97. The second-order valence-corrected chi connectivity index (χ2v) is 12.0. The molecule has 0 saturated heterocycles. The number of hydrogen-bond donors (Lipinski definition) is 0. The molecule has 0 aliphatic carbocycles. The van der Waals surface area contributed by atoms with E-state index in [9.17, 15) is 0 Å². The topological polar surface area (TPSA) is 43.6 Å². The van der Waals surface area contributed by atoms with Crippen molar-refractivity contribution < 1.29 is 0 Å². The molecule has 0 aliphatic rings. The van der Waals surface area contributed by atoms with Gasteiger partial charge >= 0.3 is 0 Å². The van der Waals surface area contributed by atoms with Crippen molar-refractivity contribution in [2.75, 3.05) is 0 Å². The summed E-state index contributed by atoms with van der Waals surface area (Å²) in [4.78, 5) is 14.9. The Morgan fingerprint density at radius 2 is 1.20 bits per heavy atom. The summed E-state index contributed by atoms with van der Waals surface area (Å²) in [6, 6.07) is 48.6. The standard InChI is InChI=1S/C39H24N4S/c1-3-10-25(11-4-1)31-24-32(26-12-5-2-6-13-26)42-39(41-31)27-17-19-28(20-18-27)43-33-15-9-23-40-37(33)30-21-22-35-36(38(30)43)29-14-7-8-16-34(29)44-35/h1-24H. The third-order valence-electron chi connectivity index (χ3n) is 8.27. The fourth-order valence-corrected chi connectivity index (χ4v) is 7.35. The van der Waals surface area contributed by atoms with E-state index in [-0.39, 0.29) is 0 Å². The van der Waals surface area contributed by atoms with E-state index in [0.29, 0.717) is 5.82 Å². The van der Waals surface area contributed by atoms with Crippen LogP contribution in [0.4, 0.5) is 0 Å². The molecule has 4 nitrogen and oxygen atoms in total. The van der Waals surface area contributed by atoms with Crippen LogP contribution in [0.15, 0.2) is 146 Å². The molecule has 0 spiro atoms. The van der Waals surface area contributed by atoms with Crippen molar-refractivity contribution in [2.24, 2.45) is 0 Å². The third kappa shape index (κ3) is 3.94. The highest BCUT2D eigenvalue weighted by molar-refractivity contribution is 7.26. The molecule has 0 amide bonds. The van der Waals surface area contributed by atoms with E-state index in [1.54, 1.807) is 0 Å². The van der Waals surface area contributed by atoms with Gasteiger partial charge in [0, 0.05) is 54.1 Å². The van der Waals surface area contributed by atoms with E-state index in [0.717, 1.165) is 50.2 Å². The first kappa shape index (κ1) is 24.9. The third-order valence-corrected chi connectivity index (χ3v) is 9.41. The van der Waals surface area contributed by atoms with Gasteiger partial charge in [0.15, 0.2) is 5.82 Å². The molecule has 0 unspecified atom stereocenters. The molecule has 0 bridgehead atoms. The normalized spacial score (nSPS) is 11.6. The zero-order valence-corrected chi connectivity index (χ0v) is 24.4. The summed E-state index contributed by atoms with van der Waals surface area (Å²) in [6.45, 7) is 0. The van der Waals surface area contributed by atoms with Crippen molar-refractivity contribution >= 4 is 53.4 Å². The smallest absolute Gasteiger partial charge is 0.160 e. The van der Waals surface area contributed by atoms with Crippen LogP contribution in [0, 0.1) is 0 Å². The van der Waals surface area contributed by atoms with Gasteiger partial charge in [-0.25, -0.2) is 9.97 Å². The van der Waals surface area contributed by atoms with Crippen molar-refractivity contribution in [1.82, 2.24) is 19.5 Å². The van der Waals surface area contributed by atoms with Crippen LogP contribution in [0.2, 0.25) is 0 Å². The van der Waals surface area contributed by atoms with Gasteiger partial charge in [-0.05, 0) is 60.7 Å². The zero-order chi connectivity index (χ0) is 29.0. The van der Waals surface area contributed by atoms with Gasteiger partial charge in [0.05, 0.1) is 27.9 Å². The monoisotopic (exact) mass is 580 g/mol. The average Bonchev–Trinajstić information content (AvgIpc) is 3.65. The van der Waals surface area contributed by atoms with Crippen molar-refractivity contribution in [1.29, 1.82) is 0 Å². The summed E-state index contributed by atoms with van der Waals surface area (Å²) in [7, 11) is 0. The Morgan fingerprint density at radius 3 is 1.93 bits per heavy atom. The molecule has 4 aromatic heterocycles. The summed E-state index contributed by atoms with van der Waals surface area (Å²) in [6.07, 6.45) is 1.88. The molecule has 9 rings (SSSR count). The summed E-state index contributed by atoms with van der Waals surface area (Å²) >= 11 is 1.84. The first-order chi connectivity index (χ1) is 21.8. The Balaban J connectivity index is 1.25. The Bertz CT molecular complexity index is 2420. The fraction of sp³-hybridized carbons (Fsp3) is 0. The predicted molar refractivity (Wildman–Crippen MR) is 183 cm³/mol. The summed E-state index contributed by atoms with van der Waals surface area (Å²) in [5, 5.41) is 3.71. The molecule has 0 aliphatic heterocycles. The molecule has 5 heteroatoms. The summed E-state index contributed by atoms with van der Waals surface area (Å²) in [5.41, 5.74) is 9.26. The van der Waals surface area contributed by atoms with E-state index in [2.05, 4.69) is 102 Å². The zero-order valence-electron chi connectivity index (χ0n) is 23.6. The molecule has 0 atom stereocenters. The lowest BCUT2D eigenvalue weighted by molar-refractivity contribution is 1.16. The van der Waals surface area contributed by atoms with Crippen LogP contribution in [-0.2, 0) is 0 Å². The Morgan fingerprint density at radius 1 is 0.523 bits per heavy atom. The number of hydrogen-bond acceptors (Lipinski definition) is 4. The van der Waals surface area contributed by atoms with Crippen LogP contribution >= 0.6 is 11.3 Å². The first-order valence-corrected chi connectivity index (χ1v) is 15.4. The molecule has 0 saturated carbocycles. The van der Waals surface area contributed by atoms with Crippen LogP contribution < -0.4 is 0 Å². The summed E-state index contributed by atoms with van der Waals surface area (Å²) < 4.78 is 4.93. The Kier molecular flexibility index (Phi) is 5.64. The maximum atomic E-state index is 5.03. The van der Waals surface area contributed by atoms with Crippen LogP contribution in [-0.4, -0.2) is 19.5 Å². The highest BCUT2D eigenvalue weighted by Gasteiger charge is 2.19. The van der Waals surface area contributed by atoms with Gasteiger partial charge < -0.3 is 4.57 Å². The van der Waals surface area contributed by atoms with E-state index in [1.807, 2.05) is 60.0 Å². The maximum absolute atomic E-state index is 5.03. The highest BCUT2D eigenvalue weighted by atomic mass is 32.1. The van der Waals surface area contributed by atoms with Crippen LogP contribution in [0.5, 0.6) is 0 Å². The molecular weight excluding hydrogens is 557 g/mol. The van der Waals surface area contributed by atoms with Crippen LogP contribution in [0.25, 0.3) is 81.7 Å².